The van der Waals surface area contributed by atoms with Crippen LogP contribution in [0.25, 0.3) is 0 Å². The third-order valence-corrected chi connectivity index (χ3v) is 4.56. The van der Waals surface area contributed by atoms with Gasteiger partial charge in [0.25, 0.3) is 0 Å². The third-order valence-electron chi connectivity index (χ3n) is 4.56. The van der Waals surface area contributed by atoms with Gasteiger partial charge in [0.1, 0.15) is 0 Å². The quantitative estimate of drug-likeness (QED) is 0.283. The number of carbonyl (C=O) groups excluding carboxylic acids is 1. The lowest BCUT2D eigenvalue weighted by atomic mass is 10.2. The van der Waals surface area contributed by atoms with Gasteiger partial charge in [-0.2, -0.15) is 0 Å². The summed E-state index contributed by atoms with van der Waals surface area (Å²) in [5, 5.41) is 9.50. The highest BCUT2D eigenvalue weighted by molar-refractivity contribution is 5.90. The molecule has 1 aliphatic rings. The Hall–Kier alpha value is -2.12. The van der Waals surface area contributed by atoms with Crippen LogP contribution >= 0.6 is 0 Å². The Kier molecular flexibility index (Phi) is 11.1. The molecule has 29 heavy (non-hydrogen) atoms. The first kappa shape index (κ1) is 23.2. The monoisotopic (exact) mass is 404 g/mol. The van der Waals surface area contributed by atoms with Crippen LogP contribution in [-0.4, -0.2) is 50.9 Å². The number of guanidine groups is 1. The van der Waals surface area contributed by atoms with E-state index in [0.717, 1.165) is 69.2 Å². The minimum absolute atomic E-state index is 0.0525. The summed E-state index contributed by atoms with van der Waals surface area (Å²) >= 11 is 0. The number of rotatable bonds is 12. The van der Waals surface area contributed by atoms with Crippen LogP contribution in [0.5, 0.6) is 0 Å². The summed E-state index contributed by atoms with van der Waals surface area (Å²) in [6.45, 7) is 8.52. The van der Waals surface area contributed by atoms with E-state index in [0.29, 0.717) is 19.6 Å². The van der Waals surface area contributed by atoms with Gasteiger partial charge in [-0.1, -0.05) is 19.1 Å². The second-order valence-electron chi connectivity index (χ2n) is 7.18. The molecule has 0 aliphatic carbocycles. The zero-order valence-electron chi connectivity index (χ0n) is 17.8. The number of nitrogens with one attached hydrogen (secondary N) is 3. The van der Waals surface area contributed by atoms with Crippen molar-refractivity contribution in [1.29, 1.82) is 0 Å². The van der Waals surface area contributed by atoms with Gasteiger partial charge in [-0.25, -0.2) is 4.99 Å². The second-order valence-corrected chi connectivity index (χ2v) is 7.18. The molecule has 1 amide bonds. The zero-order chi connectivity index (χ0) is 20.7. The standard InChI is InChI=1S/C22H36N4O3/c1-3-7-21(27)26-19-11-9-18(10-12-19)16-25-22(23-4-2)24-13-6-14-28-17-20-8-5-15-29-20/h9-12,20H,3-8,13-17H2,1-2H3,(H,26,27)(H2,23,24,25). The highest BCUT2D eigenvalue weighted by Gasteiger charge is 2.14. The average Bonchev–Trinajstić information content (AvgIpc) is 3.23. The fourth-order valence-corrected chi connectivity index (χ4v) is 3.03. The molecule has 0 radical (unpaired) electrons. The van der Waals surface area contributed by atoms with E-state index in [1.165, 1.54) is 0 Å². The topological polar surface area (TPSA) is 84.0 Å². The summed E-state index contributed by atoms with van der Waals surface area (Å²) in [5.41, 5.74) is 1.92. The molecular formula is C22H36N4O3. The van der Waals surface area contributed by atoms with Gasteiger partial charge in [0.2, 0.25) is 5.91 Å². The summed E-state index contributed by atoms with van der Waals surface area (Å²) in [5.74, 6) is 0.851. The molecule has 2 rings (SSSR count). The molecule has 0 saturated carbocycles. The van der Waals surface area contributed by atoms with Gasteiger partial charge >= 0.3 is 0 Å². The normalized spacial score (nSPS) is 16.6. The summed E-state index contributed by atoms with van der Waals surface area (Å²) in [6, 6.07) is 7.83. The fourth-order valence-electron chi connectivity index (χ4n) is 3.03. The zero-order valence-corrected chi connectivity index (χ0v) is 17.8. The van der Waals surface area contributed by atoms with Crippen LogP contribution < -0.4 is 16.0 Å². The number of nitrogens with zero attached hydrogens (tertiary/aromatic N) is 1. The number of hydrogen-bond acceptors (Lipinski definition) is 4. The van der Waals surface area contributed by atoms with Crippen molar-refractivity contribution < 1.29 is 14.3 Å². The van der Waals surface area contributed by atoms with Crippen molar-refractivity contribution in [3.05, 3.63) is 29.8 Å². The molecule has 7 heteroatoms. The molecule has 0 aromatic heterocycles. The molecule has 1 aromatic rings. The van der Waals surface area contributed by atoms with Crippen molar-refractivity contribution in [1.82, 2.24) is 10.6 Å². The van der Waals surface area contributed by atoms with Gasteiger partial charge < -0.3 is 25.4 Å². The van der Waals surface area contributed by atoms with Crippen molar-refractivity contribution in [2.45, 2.75) is 58.6 Å². The summed E-state index contributed by atoms with van der Waals surface area (Å²) < 4.78 is 11.2. The molecule has 162 valence electrons. The lowest BCUT2D eigenvalue weighted by molar-refractivity contribution is -0.116. The van der Waals surface area contributed by atoms with Gasteiger partial charge in [-0.3, -0.25) is 4.79 Å². The Morgan fingerprint density at radius 1 is 1.24 bits per heavy atom. The molecule has 1 atom stereocenters. The predicted molar refractivity (Wildman–Crippen MR) is 117 cm³/mol. The lowest BCUT2D eigenvalue weighted by Gasteiger charge is -2.13. The van der Waals surface area contributed by atoms with Crippen LogP contribution in [0.4, 0.5) is 5.69 Å². The summed E-state index contributed by atoms with van der Waals surface area (Å²) in [4.78, 5) is 16.3. The van der Waals surface area contributed by atoms with Crippen LogP contribution in [0.2, 0.25) is 0 Å². The van der Waals surface area contributed by atoms with E-state index >= 15 is 0 Å². The Balaban J connectivity index is 1.68. The van der Waals surface area contributed by atoms with Crippen molar-refractivity contribution in [2.75, 3.05) is 38.2 Å². The average molecular weight is 405 g/mol. The molecular weight excluding hydrogens is 368 g/mol. The predicted octanol–water partition coefficient (Wildman–Crippen LogP) is 3.07. The van der Waals surface area contributed by atoms with E-state index in [1.54, 1.807) is 0 Å². The number of benzene rings is 1. The summed E-state index contributed by atoms with van der Waals surface area (Å²) in [6.07, 6.45) is 4.86. The number of aliphatic imine (C=N–C) groups is 1. The Morgan fingerprint density at radius 2 is 2.07 bits per heavy atom. The van der Waals surface area contributed by atoms with Crippen LogP contribution in [0.1, 0.15) is 51.5 Å². The molecule has 1 fully saturated rings. The first-order valence-electron chi connectivity index (χ1n) is 10.8. The Morgan fingerprint density at radius 3 is 2.76 bits per heavy atom. The van der Waals surface area contributed by atoms with E-state index in [1.807, 2.05) is 31.2 Å². The number of hydrogen-bond donors (Lipinski definition) is 3. The SMILES string of the molecule is CCCC(=O)Nc1ccc(CN=C(NCC)NCCCOCC2CCCO2)cc1. The third kappa shape index (κ3) is 9.76. The molecule has 7 nitrogen and oxygen atoms in total. The van der Waals surface area contributed by atoms with Crippen LogP contribution in [-0.2, 0) is 20.8 Å². The molecule has 1 unspecified atom stereocenters. The maximum Gasteiger partial charge on any atom is 0.224 e. The number of ether oxygens (including phenoxy) is 2. The molecule has 3 N–H and O–H groups in total. The lowest BCUT2D eigenvalue weighted by Crippen LogP contribution is -2.38. The Labute approximate surface area is 174 Å². The van der Waals surface area contributed by atoms with Crippen LogP contribution in [0.3, 0.4) is 0 Å². The van der Waals surface area contributed by atoms with E-state index in [4.69, 9.17) is 9.47 Å². The van der Waals surface area contributed by atoms with Gasteiger partial charge in [0.05, 0.1) is 19.3 Å². The first-order valence-corrected chi connectivity index (χ1v) is 10.8. The van der Waals surface area contributed by atoms with Gasteiger partial charge in [-0.15, -0.1) is 0 Å². The minimum atomic E-state index is 0.0525. The van der Waals surface area contributed by atoms with E-state index in [-0.39, 0.29) is 12.0 Å². The highest BCUT2D eigenvalue weighted by Crippen LogP contribution is 2.12. The van der Waals surface area contributed by atoms with E-state index in [2.05, 4.69) is 27.9 Å². The molecule has 0 spiro atoms. The molecule has 1 saturated heterocycles. The van der Waals surface area contributed by atoms with Crippen molar-refractivity contribution >= 4 is 17.6 Å². The van der Waals surface area contributed by atoms with Gasteiger partial charge in [-0.05, 0) is 50.3 Å². The molecule has 1 heterocycles. The number of carbonyl (C=O) groups is 1. The van der Waals surface area contributed by atoms with Crippen LogP contribution in [0.15, 0.2) is 29.3 Å². The van der Waals surface area contributed by atoms with Crippen molar-refractivity contribution in [3.8, 4) is 0 Å². The molecule has 1 aliphatic heterocycles. The number of amides is 1. The Bertz CT molecular complexity index is 613. The summed E-state index contributed by atoms with van der Waals surface area (Å²) in [7, 11) is 0. The van der Waals surface area contributed by atoms with E-state index < -0.39 is 0 Å². The van der Waals surface area contributed by atoms with Crippen molar-refractivity contribution in [2.24, 2.45) is 4.99 Å². The van der Waals surface area contributed by atoms with Gasteiger partial charge in [0, 0.05) is 38.4 Å². The van der Waals surface area contributed by atoms with E-state index in [9.17, 15) is 4.79 Å². The minimum Gasteiger partial charge on any atom is -0.379 e. The first-order chi connectivity index (χ1) is 14.2. The van der Waals surface area contributed by atoms with Crippen molar-refractivity contribution in [3.63, 3.8) is 0 Å². The van der Waals surface area contributed by atoms with Gasteiger partial charge in [0.15, 0.2) is 5.96 Å². The van der Waals surface area contributed by atoms with Crippen LogP contribution in [0, 0.1) is 0 Å². The molecule has 0 bridgehead atoms. The fraction of sp³-hybridized carbons (Fsp3) is 0.636. The largest absolute Gasteiger partial charge is 0.379 e. The maximum atomic E-state index is 11.7. The smallest absolute Gasteiger partial charge is 0.224 e. The number of anilines is 1. The highest BCUT2D eigenvalue weighted by atomic mass is 16.5. The second kappa shape index (κ2) is 14.0. The molecule has 1 aromatic carbocycles. The maximum absolute atomic E-state index is 11.7.